The van der Waals surface area contributed by atoms with Crippen molar-refractivity contribution in [2.75, 3.05) is 5.01 Å². The molecule has 5 rings (SSSR count). The van der Waals surface area contributed by atoms with E-state index in [0.29, 0.717) is 5.69 Å². The van der Waals surface area contributed by atoms with E-state index < -0.39 is 11.8 Å². The fraction of sp³-hybridized carbons (Fsp3) is 0.154. The Morgan fingerprint density at radius 1 is 0.600 bits per heavy atom. The molecule has 148 valence electrons. The minimum Gasteiger partial charge on any atom is -0.273 e. The van der Waals surface area contributed by atoms with Crippen molar-refractivity contribution in [3.8, 4) is 0 Å². The summed E-state index contributed by atoms with van der Waals surface area (Å²) in [5, 5.41) is 1.42. The molecule has 0 spiro atoms. The number of nitrogens with one attached hydrogen (secondary N) is 1. The van der Waals surface area contributed by atoms with Crippen LogP contribution >= 0.6 is 0 Å². The molecule has 1 N–H and O–H groups in total. The first-order valence-corrected chi connectivity index (χ1v) is 10.2. The minimum atomic E-state index is -0.475. The van der Waals surface area contributed by atoms with Gasteiger partial charge < -0.3 is 0 Å². The summed E-state index contributed by atoms with van der Waals surface area (Å²) in [6.45, 7) is 0. The number of amides is 2. The van der Waals surface area contributed by atoms with Crippen LogP contribution in [0.1, 0.15) is 23.0 Å². The molecule has 3 aromatic carbocycles. The standard InChI is InChI=1S/C26H22N2O2/c29-25-23-21(18-10-4-1-5-11-18)16-17-22(19-12-6-2-7-13-19)24(23)26(30)28(27-25)20-14-8-3-9-15-20/h1-17,21-24H,(H,27,29). The Bertz CT molecular complexity index is 1080. The molecule has 0 aromatic heterocycles. The highest BCUT2D eigenvalue weighted by molar-refractivity contribution is 6.05. The summed E-state index contributed by atoms with van der Waals surface area (Å²) >= 11 is 0. The first-order valence-electron chi connectivity index (χ1n) is 10.2. The van der Waals surface area contributed by atoms with Crippen LogP contribution in [-0.2, 0) is 9.59 Å². The number of benzene rings is 3. The summed E-state index contributed by atoms with van der Waals surface area (Å²) in [7, 11) is 0. The van der Waals surface area contributed by atoms with Gasteiger partial charge in [0.15, 0.2) is 0 Å². The number of hydrogen-bond donors (Lipinski definition) is 1. The van der Waals surface area contributed by atoms with Crippen molar-refractivity contribution in [3.05, 3.63) is 114 Å². The van der Waals surface area contributed by atoms with Crippen LogP contribution in [0.5, 0.6) is 0 Å². The van der Waals surface area contributed by atoms with Gasteiger partial charge in [-0.3, -0.25) is 15.0 Å². The molecule has 0 bridgehead atoms. The predicted molar refractivity (Wildman–Crippen MR) is 117 cm³/mol. The van der Waals surface area contributed by atoms with Crippen molar-refractivity contribution in [1.82, 2.24) is 5.43 Å². The highest BCUT2D eigenvalue weighted by Crippen LogP contribution is 2.47. The number of hydrogen-bond acceptors (Lipinski definition) is 2. The molecular formula is C26H22N2O2. The Morgan fingerprint density at radius 3 is 1.60 bits per heavy atom. The lowest BCUT2D eigenvalue weighted by Crippen LogP contribution is -2.61. The van der Waals surface area contributed by atoms with E-state index >= 15 is 0 Å². The summed E-state index contributed by atoms with van der Waals surface area (Å²) in [6, 6.07) is 29.2. The quantitative estimate of drug-likeness (QED) is 0.668. The number of carbonyl (C=O) groups is 2. The Balaban J connectivity index is 1.61. The molecule has 30 heavy (non-hydrogen) atoms. The molecule has 2 aliphatic rings. The molecule has 3 aromatic rings. The highest BCUT2D eigenvalue weighted by Gasteiger charge is 2.51. The van der Waals surface area contributed by atoms with E-state index in [2.05, 4.69) is 17.6 Å². The van der Waals surface area contributed by atoms with Crippen LogP contribution in [0, 0.1) is 11.8 Å². The van der Waals surface area contributed by atoms with Crippen LogP contribution in [0.25, 0.3) is 0 Å². The molecule has 1 heterocycles. The van der Waals surface area contributed by atoms with Crippen molar-refractivity contribution in [2.45, 2.75) is 11.8 Å². The predicted octanol–water partition coefficient (Wildman–Crippen LogP) is 4.43. The first kappa shape index (κ1) is 18.4. The zero-order valence-corrected chi connectivity index (χ0v) is 16.4. The Hall–Kier alpha value is -3.66. The summed E-state index contributed by atoms with van der Waals surface area (Å²) in [5.74, 6) is -1.43. The second-order valence-electron chi connectivity index (χ2n) is 7.79. The minimum absolute atomic E-state index is 0.0788. The number of nitrogens with zero attached hydrogens (tertiary/aromatic N) is 1. The lowest BCUT2D eigenvalue weighted by molar-refractivity contribution is -0.141. The topological polar surface area (TPSA) is 49.4 Å². The van der Waals surface area contributed by atoms with E-state index in [9.17, 15) is 9.59 Å². The normalized spacial score (nSPS) is 25.5. The van der Waals surface area contributed by atoms with Gasteiger partial charge in [-0.25, -0.2) is 5.01 Å². The maximum atomic E-state index is 13.7. The van der Waals surface area contributed by atoms with Gasteiger partial charge in [-0.1, -0.05) is 91.0 Å². The number of hydrazine groups is 1. The van der Waals surface area contributed by atoms with E-state index in [-0.39, 0.29) is 23.7 Å². The van der Waals surface area contributed by atoms with Gasteiger partial charge in [0.2, 0.25) is 5.91 Å². The molecule has 1 aliphatic heterocycles. The summed E-state index contributed by atoms with van der Waals surface area (Å²) in [6.07, 6.45) is 4.20. The van der Waals surface area contributed by atoms with Gasteiger partial charge in [0, 0.05) is 11.8 Å². The van der Waals surface area contributed by atoms with Crippen LogP contribution in [0.15, 0.2) is 103 Å². The van der Waals surface area contributed by atoms with Gasteiger partial charge in [-0.2, -0.15) is 0 Å². The Kier molecular flexibility index (Phi) is 4.68. The van der Waals surface area contributed by atoms with Crippen molar-refractivity contribution in [3.63, 3.8) is 0 Å². The third-order valence-corrected chi connectivity index (χ3v) is 6.10. The van der Waals surface area contributed by atoms with E-state index in [1.165, 1.54) is 5.01 Å². The van der Waals surface area contributed by atoms with Gasteiger partial charge in [0.1, 0.15) is 0 Å². The van der Waals surface area contributed by atoms with Crippen molar-refractivity contribution in [2.24, 2.45) is 11.8 Å². The molecule has 4 unspecified atom stereocenters. The number of carbonyl (C=O) groups excluding carboxylic acids is 2. The van der Waals surface area contributed by atoms with Crippen LogP contribution in [0.3, 0.4) is 0 Å². The average molecular weight is 394 g/mol. The lowest BCUT2D eigenvalue weighted by Gasteiger charge is -2.44. The number of anilines is 1. The molecule has 4 atom stereocenters. The Morgan fingerprint density at radius 2 is 1.07 bits per heavy atom. The fourth-order valence-electron chi connectivity index (χ4n) is 4.70. The lowest BCUT2D eigenvalue weighted by atomic mass is 9.65. The molecule has 4 heteroatoms. The molecule has 0 saturated carbocycles. The largest absolute Gasteiger partial charge is 0.273 e. The van der Waals surface area contributed by atoms with E-state index in [1.54, 1.807) is 0 Å². The molecular weight excluding hydrogens is 372 g/mol. The van der Waals surface area contributed by atoms with Gasteiger partial charge in [-0.05, 0) is 23.3 Å². The number of allylic oxidation sites excluding steroid dienone is 2. The molecule has 1 fully saturated rings. The van der Waals surface area contributed by atoms with Gasteiger partial charge in [0.05, 0.1) is 17.5 Å². The fourth-order valence-corrected chi connectivity index (χ4v) is 4.70. The van der Waals surface area contributed by atoms with Crippen molar-refractivity contribution in [1.29, 1.82) is 0 Å². The number of fused-ring (bicyclic) bond motifs is 1. The maximum absolute atomic E-state index is 13.7. The molecule has 4 nitrogen and oxygen atoms in total. The molecule has 1 saturated heterocycles. The van der Waals surface area contributed by atoms with Crippen molar-refractivity contribution >= 4 is 17.5 Å². The highest BCUT2D eigenvalue weighted by atomic mass is 16.2. The van der Waals surface area contributed by atoms with Crippen LogP contribution in [0.2, 0.25) is 0 Å². The summed E-state index contributed by atoms with van der Waals surface area (Å²) < 4.78 is 0. The summed E-state index contributed by atoms with van der Waals surface area (Å²) in [5.41, 5.74) is 5.63. The zero-order chi connectivity index (χ0) is 20.5. The second kappa shape index (κ2) is 7.64. The van der Waals surface area contributed by atoms with Crippen LogP contribution in [-0.4, -0.2) is 11.8 Å². The van der Waals surface area contributed by atoms with Crippen LogP contribution in [0.4, 0.5) is 5.69 Å². The Labute approximate surface area is 175 Å². The molecule has 0 radical (unpaired) electrons. The van der Waals surface area contributed by atoms with Gasteiger partial charge in [-0.15, -0.1) is 0 Å². The third kappa shape index (κ3) is 3.11. The molecule has 2 amide bonds. The third-order valence-electron chi connectivity index (χ3n) is 6.10. The number of rotatable bonds is 3. The van der Waals surface area contributed by atoms with E-state index in [4.69, 9.17) is 0 Å². The second-order valence-corrected chi connectivity index (χ2v) is 7.79. The van der Waals surface area contributed by atoms with Gasteiger partial charge in [0.25, 0.3) is 5.91 Å². The summed E-state index contributed by atoms with van der Waals surface area (Å²) in [4.78, 5) is 27.1. The average Bonchev–Trinajstić information content (AvgIpc) is 2.82. The van der Waals surface area contributed by atoms with E-state index in [1.807, 2.05) is 91.0 Å². The van der Waals surface area contributed by atoms with Gasteiger partial charge >= 0.3 is 0 Å². The van der Waals surface area contributed by atoms with Crippen molar-refractivity contribution < 1.29 is 9.59 Å². The van der Waals surface area contributed by atoms with Crippen LogP contribution < -0.4 is 10.4 Å². The van der Waals surface area contributed by atoms with E-state index in [0.717, 1.165) is 11.1 Å². The maximum Gasteiger partial charge on any atom is 0.250 e. The smallest absolute Gasteiger partial charge is 0.250 e. The molecule has 1 aliphatic carbocycles. The SMILES string of the molecule is O=C1NN(c2ccccc2)C(=O)C2C(c3ccccc3)C=CC(c3ccccc3)C12. The zero-order valence-electron chi connectivity index (χ0n) is 16.4. The number of para-hydroxylation sites is 1. The monoisotopic (exact) mass is 394 g/mol. The first-order chi connectivity index (χ1) is 14.7.